The second-order valence-corrected chi connectivity index (χ2v) is 2.98. The lowest BCUT2D eigenvalue weighted by atomic mass is 10.2. The molecule has 1 unspecified atom stereocenters. The molecule has 7 nitrogen and oxygen atoms in total. The van der Waals surface area contributed by atoms with Gasteiger partial charge in [0.2, 0.25) is 0 Å². The van der Waals surface area contributed by atoms with Crippen LogP contribution in [0, 0.1) is 0 Å². The number of rotatable bonds is 2. The lowest BCUT2D eigenvalue weighted by molar-refractivity contribution is -0.119. The van der Waals surface area contributed by atoms with Crippen molar-refractivity contribution in [3.63, 3.8) is 0 Å². The smallest absolute Gasteiger partial charge is 0.298 e. The van der Waals surface area contributed by atoms with Crippen molar-refractivity contribution in [2.75, 3.05) is 6.54 Å². The Bertz CT molecular complexity index is 384. The number of hydrogen-bond acceptors (Lipinski definition) is 6. The fourth-order valence-corrected chi connectivity index (χ4v) is 1.25. The van der Waals surface area contributed by atoms with Crippen molar-refractivity contribution in [3.05, 3.63) is 0 Å². The van der Waals surface area contributed by atoms with Crippen molar-refractivity contribution in [1.29, 1.82) is 0 Å². The molecular weight excluding hydrogens is 186 g/mol. The molecule has 0 radical (unpaired) electrons. The minimum atomic E-state index is -0.702. The van der Waals surface area contributed by atoms with Crippen LogP contribution in [0.2, 0.25) is 0 Å². The minimum absolute atomic E-state index is 0.0326. The zero-order valence-electron chi connectivity index (χ0n) is 7.41. The highest BCUT2D eigenvalue weighted by Crippen LogP contribution is 2.13. The molecule has 0 aromatic heterocycles. The second kappa shape index (κ2) is 3.09. The maximum atomic E-state index is 11.1. The van der Waals surface area contributed by atoms with Crippen LogP contribution >= 0.6 is 0 Å². The zero-order valence-corrected chi connectivity index (χ0v) is 7.41. The number of carbonyl (C=O) groups is 2. The first-order valence-corrected chi connectivity index (χ1v) is 4.00. The molecule has 0 bridgehead atoms. The molecule has 72 valence electrons. The largest absolute Gasteiger partial charge is 0.310 e. The molecule has 1 amide bonds. The van der Waals surface area contributed by atoms with Crippen molar-refractivity contribution in [2.45, 2.75) is 13.0 Å². The van der Waals surface area contributed by atoms with Gasteiger partial charge in [0.15, 0.2) is 11.9 Å². The molecule has 14 heavy (non-hydrogen) atoms. The van der Waals surface area contributed by atoms with Gasteiger partial charge in [-0.1, -0.05) is 5.11 Å². The third-order valence-electron chi connectivity index (χ3n) is 1.81. The Morgan fingerprint density at radius 2 is 2.43 bits per heavy atom. The van der Waals surface area contributed by atoms with Crippen LogP contribution in [0.15, 0.2) is 20.4 Å². The standard InChI is InChI=1S/C7H7N5O2/c1-4(13)2-12-3-8-5-6(12)9-11-10-7(5)14/h3,5H,2H2,1H3. The molecule has 2 aliphatic rings. The van der Waals surface area contributed by atoms with Crippen LogP contribution in [0.25, 0.3) is 0 Å². The summed E-state index contributed by atoms with van der Waals surface area (Å²) in [6, 6.07) is -0.702. The van der Waals surface area contributed by atoms with Crippen LogP contribution in [0.1, 0.15) is 6.92 Å². The summed E-state index contributed by atoms with van der Waals surface area (Å²) < 4.78 is 0. The van der Waals surface area contributed by atoms with Crippen LogP contribution in [0.5, 0.6) is 0 Å². The van der Waals surface area contributed by atoms with Crippen molar-refractivity contribution < 1.29 is 9.59 Å². The van der Waals surface area contributed by atoms with Gasteiger partial charge in [-0.2, -0.15) is 0 Å². The number of aliphatic imine (C=N–C) groups is 1. The van der Waals surface area contributed by atoms with Gasteiger partial charge in [-0.25, -0.2) is 0 Å². The van der Waals surface area contributed by atoms with Gasteiger partial charge in [0.05, 0.1) is 12.9 Å². The van der Waals surface area contributed by atoms with Crippen LogP contribution in [0.3, 0.4) is 0 Å². The molecule has 0 fully saturated rings. The Morgan fingerprint density at radius 1 is 1.64 bits per heavy atom. The summed E-state index contributed by atoms with van der Waals surface area (Å²) in [5, 5.41) is 10.2. The summed E-state index contributed by atoms with van der Waals surface area (Å²) in [7, 11) is 0. The first-order chi connectivity index (χ1) is 6.68. The molecule has 2 rings (SSSR count). The summed E-state index contributed by atoms with van der Waals surface area (Å²) in [5.41, 5.74) is 0. The molecule has 0 aromatic rings. The van der Waals surface area contributed by atoms with E-state index in [0.29, 0.717) is 5.84 Å². The van der Waals surface area contributed by atoms with Crippen LogP contribution in [0.4, 0.5) is 0 Å². The van der Waals surface area contributed by atoms with Gasteiger partial charge < -0.3 is 4.90 Å². The molecule has 0 spiro atoms. The lowest BCUT2D eigenvalue weighted by Gasteiger charge is -2.15. The Labute approximate surface area is 79.2 Å². The molecule has 7 heteroatoms. The van der Waals surface area contributed by atoms with E-state index in [4.69, 9.17) is 0 Å². The number of carbonyl (C=O) groups excluding carboxylic acids is 2. The summed E-state index contributed by atoms with van der Waals surface area (Å²) in [6.07, 6.45) is 1.42. The highest BCUT2D eigenvalue weighted by Gasteiger charge is 2.34. The third kappa shape index (κ3) is 1.32. The van der Waals surface area contributed by atoms with E-state index < -0.39 is 11.9 Å². The summed E-state index contributed by atoms with van der Waals surface area (Å²) >= 11 is 0. The van der Waals surface area contributed by atoms with Crippen LogP contribution in [-0.2, 0) is 9.59 Å². The van der Waals surface area contributed by atoms with Gasteiger partial charge >= 0.3 is 0 Å². The SMILES string of the molecule is CC(=O)CN1C=NC2C(=O)N=NN=C21. The van der Waals surface area contributed by atoms with Gasteiger partial charge in [0.25, 0.3) is 5.91 Å². The van der Waals surface area contributed by atoms with Crippen molar-refractivity contribution in [2.24, 2.45) is 20.4 Å². The van der Waals surface area contributed by atoms with Crippen molar-refractivity contribution >= 4 is 23.9 Å². The monoisotopic (exact) mass is 193 g/mol. The third-order valence-corrected chi connectivity index (χ3v) is 1.81. The fraction of sp³-hybridized carbons (Fsp3) is 0.429. The average molecular weight is 193 g/mol. The highest BCUT2D eigenvalue weighted by molar-refractivity contribution is 6.15. The first-order valence-electron chi connectivity index (χ1n) is 4.00. The topological polar surface area (TPSA) is 86.8 Å². The predicted molar refractivity (Wildman–Crippen MR) is 47.0 cm³/mol. The Balaban J connectivity index is 2.22. The van der Waals surface area contributed by atoms with E-state index in [1.165, 1.54) is 18.2 Å². The van der Waals surface area contributed by atoms with E-state index in [1.54, 1.807) is 0 Å². The Kier molecular flexibility index (Phi) is 1.91. The van der Waals surface area contributed by atoms with Gasteiger partial charge in [0, 0.05) is 0 Å². The number of nitrogens with zero attached hydrogens (tertiary/aromatic N) is 5. The number of fused-ring (bicyclic) bond motifs is 1. The second-order valence-electron chi connectivity index (χ2n) is 2.98. The van der Waals surface area contributed by atoms with Gasteiger partial charge in [-0.05, 0) is 12.1 Å². The van der Waals surface area contributed by atoms with E-state index in [2.05, 4.69) is 20.4 Å². The Morgan fingerprint density at radius 3 is 3.14 bits per heavy atom. The highest BCUT2D eigenvalue weighted by atomic mass is 16.2. The number of amides is 1. The molecular formula is C7H7N5O2. The molecule has 0 saturated heterocycles. The van der Waals surface area contributed by atoms with E-state index >= 15 is 0 Å². The predicted octanol–water partition coefficient (Wildman–Crippen LogP) is -0.406. The van der Waals surface area contributed by atoms with Gasteiger partial charge in [-0.15, -0.1) is 5.10 Å². The minimum Gasteiger partial charge on any atom is -0.310 e. The fourth-order valence-electron chi connectivity index (χ4n) is 1.25. The van der Waals surface area contributed by atoms with Crippen molar-refractivity contribution in [3.8, 4) is 0 Å². The normalized spacial score (nSPS) is 23.8. The maximum Gasteiger partial charge on any atom is 0.298 e. The first kappa shape index (κ1) is 8.67. The number of hydrogen-bond donors (Lipinski definition) is 0. The summed E-state index contributed by atoms with van der Waals surface area (Å²) in [6.45, 7) is 1.61. The van der Waals surface area contributed by atoms with E-state index in [9.17, 15) is 9.59 Å². The molecule has 0 aromatic carbocycles. The van der Waals surface area contributed by atoms with Gasteiger partial charge in [-0.3, -0.25) is 14.6 Å². The maximum absolute atomic E-state index is 11.1. The molecule has 2 heterocycles. The molecule has 0 aliphatic carbocycles. The lowest BCUT2D eigenvalue weighted by Crippen LogP contribution is -2.38. The summed E-state index contributed by atoms with van der Waals surface area (Å²) in [5.74, 6) is -0.104. The van der Waals surface area contributed by atoms with Gasteiger partial charge in [0.1, 0.15) is 5.78 Å². The van der Waals surface area contributed by atoms with Crippen molar-refractivity contribution in [1.82, 2.24) is 4.90 Å². The van der Waals surface area contributed by atoms with E-state index in [0.717, 1.165) is 0 Å². The number of amidine groups is 1. The number of ketones is 1. The molecule has 0 N–H and O–H groups in total. The number of Topliss-reactive ketones (excluding diaryl/α,β-unsaturated/α-hetero) is 1. The van der Waals surface area contributed by atoms with Crippen LogP contribution < -0.4 is 0 Å². The zero-order chi connectivity index (χ0) is 10.1. The van der Waals surface area contributed by atoms with E-state index in [-0.39, 0.29) is 12.3 Å². The molecule has 1 atom stereocenters. The molecule has 2 aliphatic heterocycles. The van der Waals surface area contributed by atoms with Crippen LogP contribution in [-0.4, -0.2) is 41.4 Å². The quantitative estimate of drug-likeness (QED) is 0.597. The Hall–Kier alpha value is -1.92. The molecule has 0 saturated carbocycles. The average Bonchev–Trinajstić information content (AvgIpc) is 2.49. The van der Waals surface area contributed by atoms with E-state index in [1.807, 2.05) is 0 Å². The summed E-state index contributed by atoms with van der Waals surface area (Å²) in [4.78, 5) is 27.4.